The van der Waals surface area contributed by atoms with Crippen LogP contribution in [0.1, 0.15) is 53.4 Å². The maximum absolute atomic E-state index is 11.2. The van der Waals surface area contributed by atoms with E-state index < -0.39 is 0 Å². The van der Waals surface area contributed by atoms with E-state index in [-0.39, 0.29) is 5.92 Å². The van der Waals surface area contributed by atoms with Crippen molar-refractivity contribution in [3.8, 4) is 0 Å². The van der Waals surface area contributed by atoms with Gasteiger partial charge in [-0.2, -0.15) is 0 Å². The van der Waals surface area contributed by atoms with Crippen LogP contribution in [0, 0.1) is 11.8 Å². The molecule has 0 N–H and O–H groups in total. The standard InChI is InChI=1S/C13H24O/c1-5-13(14)12(4)10-8-6-7-9-11(2)3/h6,8,11-12H,5,7,9-10H2,1-4H3/b8-6+. The largest absolute Gasteiger partial charge is 0.299 e. The molecule has 0 heterocycles. The lowest BCUT2D eigenvalue weighted by atomic mass is 10.00. The van der Waals surface area contributed by atoms with E-state index >= 15 is 0 Å². The molecule has 0 spiro atoms. The fourth-order valence-electron chi connectivity index (χ4n) is 1.33. The molecule has 0 aliphatic heterocycles. The molecule has 0 amide bonds. The third-order valence-electron chi connectivity index (χ3n) is 2.47. The van der Waals surface area contributed by atoms with Gasteiger partial charge in [-0.15, -0.1) is 0 Å². The minimum atomic E-state index is 0.204. The number of carbonyl (C=O) groups is 1. The van der Waals surface area contributed by atoms with Gasteiger partial charge < -0.3 is 0 Å². The van der Waals surface area contributed by atoms with Crippen molar-refractivity contribution >= 4 is 5.78 Å². The molecule has 0 aliphatic carbocycles. The minimum Gasteiger partial charge on any atom is -0.299 e. The summed E-state index contributed by atoms with van der Waals surface area (Å²) < 4.78 is 0. The molecule has 0 aromatic rings. The van der Waals surface area contributed by atoms with Crippen molar-refractivity contribution in [2.24, 2.45) is 11.8 Å². The van der Waals surface area contributed by atoms with E-state index in [2.05, 4.69) is 26.0 Å². The highest BCUT2D eigenvalue weighted by Gasteiger charge is 2.07. The summed E-state index contributed by atoms with van der Waals surface area (Å²) in [6, 6.07) is 0. The highest BCUT2D eigenvalue weighted by molar-refractivity contribution is 5.80. The molecule has 1 atom stereocenters. The molecule has 0 aliphatic rings. The van der Waals surface area contributed by atoms with Gasteiger partial charge in [0.25, 0.3) is 0 Å². The summed E-state index contributed by atoms with van der Waals surface area (Å²) in [6.07, 6.45) is 8.32. The van der Waals surface area contributed by atoms with E-state index in [1.165, 1.54) is 6.42 Å². The summed E-state index contributed by atoms with van der Waals surface area (Å²) in [5.41, 5.74) is 0. The van der Waals surface area contributed by atoms with E-state index in [1.54, 1.807) is 0 Å². The number of ketones is 1. The number of carbonyl (C=O) groups excluding carboxylic acids is 1. The molecule has 0 aromatic heterocycles. The number of Topliss-reactive ketones (excluding diaryl/α,β-unsaturated/α-hetero) is 1. The Morgan fingerprint density at radius 2 is 1.86 bits per heavy atom. The average molecular weight is 196 g/mol. The van der Waals surface area contributed by atoms with Crippen molar-refractivity contribution in [1.82, 2.24) is 0 Å². The van der Waals surface area contributed by atoms with Crippen LogP contribution in [0.4, 0.5) is 0 Å². The summed E-state index contributed by atoms with van der Waals surface area (Å²) in [4.78, 5) is 11.2. The molecule has 1 unspecified atom stereocenters. The molecule has 1 nitrogen and oxygen atoms in total. The van der Waals surface area contributed by atoms with Crippen LogP contribution in [-0.4, -0.2) is 5.78 Å². The molecule has 0 saturated heterocycles. The van der Waals surface area contributed by atoms with Crippen LogP contribution in [0.5, 0.6) is 0 Å². The SMILES string of the molecule is CCC(=O)C(C)C/C=C/CCC(C)C. The smallest absolute Gasteiger partial charge is 0.135 e. The van der Waals surface area contributed by atoms with Gasteiger partial charge in [0.2, 0.25) is 0 Å². The van der Waals surface area contributed by atoms with Crippen LogP contribution in [0.2, 0.25) is 0 Å². The van der Waals surface area contributed by atoms with Gasteiger partial charge in [-0.25, -0.2) is 0 Å². The van der Waals surface area contributed by atoms with Crippen LogP contribution >= 0.6 is 0 Å². The summed E-state index contributed by atoms with van der Waals surface area (Å²) in [5, 5.41) is 0. The van der Waals surface area contributed by atoms with Crippen molar-refractivity contribution in [3.63, 3.8) is 0 Å². The van der Waals surface area contributed by atoms with Gasteiger partial charge in [0.1, 0.15) is 5.78 Å². The first-order valence-electron chi connectivity index (χ1n) is 5.75. The molecule has 82 valence electrons. The van der Waals surface area contributed by atoms with Crippen LogP contribution in [0.15, 0.2) is 12.2 Å². The number of allylic oxidation sites excluding steroid dienone is 2. The fraction of sp³-hybridized carbons (Fsp3) is 0.769. The Hall–Kier alpha value is -0.590. The summed E-state index contributed by atoms with van der Waals surface area (Å²) >= 11 is 0. The average Bonchev–Trinajstić information content (AvgIpc) is 2.15. The van der Waals surface area contributed by atoms with Gasteiger partial charge in [0.15, 0.2) is 0 Å². The zero-order valence-electron chi connectivity index (χ0n) is 10.0. The van der Waals surface area contributed by atoms with Gasteiger partial charge in [-0.1, -0.05) is 39.8 Å². The third kappa shape index (κ3) is 6.88. The molecular formula is C13H24O. The summed E-state index contributed by atoms with van der Waals surface area (Å²) in [7, 11) is 0. The Morgan fingerprint density at radius 3 is 2.36 bits per heavy atom. The fourth-order valence-corrected chi connectivity index (χ4v) is 1.33. The highest BCUT2D eigenvalue weighted by atomic mass is 16.1. The molecule has 0 bridgehead atoms. The second-order valence-electron chi connectivity index (χ2n) is 4.40. The maximum Gasteiger partial charge on any atom is 0.135 e. The van der Waals surface area contributed by atoms with Crippen molar-refractivity contribution in [3.05, 3.63) is 12.2 Å². The first kappa shape index (κ1) is 13.4. The van der Waals surface area contributed by atoms with Gasteiger partial charge >= 0.3 is 0 Å². The third-order valence-corrected chi connectivity index (χ3v) is 2.47. The van der Waals surface area contributed by atoms with E-state index in [0.717, 1.165) is 18.8 Å². The van der Waals surface area contributed by atoms with Gasteiger partial charge in [0, 0.05) is 12.3 Å². The van der Waals surface area contributed by atoms with E-state index in [1.807, 2.05) is 13.8 Å². The first-order valence-corrected chi connectivity index (χ1v) is 5.75. The lowest BCUT2D eigenvalue weighted by Gasteiger charge is -2.04. The Bertz CT molecular complexity index is 180. The predicted octanol–water partition coefficient (Wildman–Crippen LogP) is 3.98. The molecule has 0 saturated carbocycles. The number of rotatable bonds is 7. The minimum absolute atomic E-state index is 0.204. The van der Waals surface area contributed by atoms with E-state index in [0.29, 0.717) is 12.2 Å². The summed E-state index contributed by atoms with van der Waals surface area (Å²) in [5.74, 6) is 1.35. The Labute approximate surface area is 88.6 Å². The van der Waals surface area contributed by atoms with Crippen LogP contribution in [-0.2, 0) is 4.79 Å². The lowest BCUT2D eigenvalue weighted by Crippen LogP contribution is -2.07. The molecule has 0 rings (SSSR count). The topological polar surface area (TPSA) is 17.1 Å². The molecule has 14 heavy (non-hydrogen) atoms. The van der Waals surface area contributed by atoms with Crippen molar-refractivity contribution < 1.29 is 4.79 Å². The Morgan fingerprint density at radius 1 is 1.21 bits per heavy atom. The van der Waals surface area contributed by atoms with Crippen molar-refractivity contribution in [1.29, 1.82) is 0 Å². The summed E-state index contributed by atoms with van der Waals surface area (Å²) in [6.45, 7) is 8.41. The molecule has 1 heteroatoms. The highest BCUT2D eigenvalue weighted by Crippen LogP contribution is 2.09. The zero-order chi connectivity index (χ0) is 11.0. The molecule has 0 radical (unpaired) electrons. The molecular weight excluding hydrogens is 172 g/mol. The van der Waals surface area contributed by atoms with Gasteiger partial charge in [-0.05, 0) is 25.2 Å². The van der Waals surface area contributed by atoms with Crippen molar-refractivity contribution in [2.75, 3.05) is 0 Å². The number of hydrogen-bond donors (Lipinski definition) is 0. The monoisotopic (exact) mass is 196 g/mol. The second-order valence-corrected chi connectivity index (χ2v) is 4.40. The normalized spacial score (nSPS) is 13.8. The zero-order valence-corrected chi connectivity index (χ0v) is 10.0. The first-order chi connectivity index (χ1) is 6.57. The Balaban J connectivity index is 3.56. The Kier molecular flexibility index (Phi) is 7.45. The number of hydrogen-bond acceptors (Lipinski definition) is 1. The van der Waals surface area contributed by atoms with Crippen LogP contribution in [0.25, 0.3) is 0 Å². The van der Waals surface area contributed by atoms with E-state index in [9.17, 15) is 4.79 Å². The maximum atomic E-state index is 11.2. The van der Waals surface area contributed by atoms with Crippen molar-refractivity contribution in [2.45, 2.75) is 53.4 Å². The van der Waals surface area contributed by atoms with E-state index in [4.69, 9.17) is 0 Å². The second kappa shape index (κ2) is 7.78. The van der Waals surface area contributed by atoms with Crippen LogP contribution < -0.4 is 0 Å². The predicted molar refractivity (Wildman–Crippen MR) is 62.3 cm³/mol. The molecule has 0 aromatic carbocycles. The molecule has 0 fully saturated rings. The van der Waals surface area contributed by atoms with Gasteiger partial charge in [0.05, 0.1) is 0 Å². The van der Waals surface area contributed by atoms with Crippen LogP contribution in [0.3, 0.4) is 0 Å². The lowest BCUT2D eigenvalue weighted by molar-refractivity contribution is -0.121. The quantitative estimate of drug-likeness (QED) is 0.563. The van der Waals surface area contributed by atoms with Gasteiger partial charge in [-0.3, -0.25) is 4.79 Å².